The molecule has 0 radical (unpaired) electrons. The predicted octanol–water partition coefficient (Wildman–Crippen LogP) is 4.98. The second-order valence-electron chi connectivity index (χ2n) is 11.8. The molecule has 1 atom stereocenters. The molecule has 2 fully saturated rings. The summed E-state index contributed by atoms with van der Waals surface area (Å²) in [7, 11) is -4.59. The number of aromatic nitrogens is 1. The van der Waals surface area contributed by atoms with Crippen molar-refractivity contribution in [3.8, 4) is 10.4 Å². The molecule has 1 unspecified atom stereocenters. The van der Waals surface area contributed by atoms with Crippen LogP contribution in [0.3, 0.4) is 0 Å². The van der Waals surface area contributed by atoms with Crippen molar-refractivity contribution in [1.82, 2.24) is 15.0 Å². The van der Waals surface area contributed by atoms with Crippen molar-refractivity contribution in [2.75, 3.05) is 0 Å². The lowest BCUT2D eigenvalue weighted by molar-refractivity contribution is -0.147. The highest BCUT2D eigenvalue weighted by molar-refractivity contribution is 7.89. The number of carboxylic acid groups (broad SMARTS) is 1. The molecule has 2 aromatic rings. The number of rotatable bonds is 10. The SMILES string of the molecule is CC(NS(=O)(=O)c1ccc(-c2sc(C(=O)NC3CC(C(=O)O)C3)nc2CC2CCCCC2)c(C(C)(C)O)c1)C(F)(F)F. The van der Waals surface area contributed by atoms with Crippen LogP contribution in [0.5, 0.6) is 0 Å². The molecule has 1 heterocycles. The van der Waals surface area contributed by atoms with Crippen LogP contribution in [0.1, 0.15) is 86.8 Å². The molecule has 0 spiro atoms. The average molecular weight is 632 g/mol. The van der Waals surface area contributed by atoms with Crippen LogP contribution < -0.4 is 10.0 Å². The molecule has 0 aliphatic heterocycles. The van der Waals surface area contributed by atoms with Gasteiger partial charge in [-0.3, -0.25) is 9.59 Å². The minimum absolute atomic E-state index is 0.161. The van der Waals surface area contributed by atoms with Gasteiger partial charge >= 0.3 is 12.1 Å². The molecule has 14 heteroatoms. The molecule has 1 aromatic heterocycles. The Balaban J connectivity index is 1.71. The maximum atomic E-state index is 13.1. The third-order valence-electron chi connectivity index (χ3n) is 7.95. The van der Waals surface area contributed by atoms with Crippen LogP contribution >= 0.6 is 11.3 Å². The van der Waals surface area contributed by atoms with E-state index < -0.39 is 50.5 Å². The van der Waals surface area contributed by atoms with E-state index >= 15 is 0 Å². The fraction of sp³-hybridized carbons (Fsp3) is 0.607. The standard InChI is InChI=1S/C28H36F3N3O6S2/c1-15(28(29,30)31)34-42(39,40)19-9-10-20(21(14-19)27(2,3)38)23-22(11-16-7-5-4-6-8-16)33-25(41-23)24(35)32-18-12-17(13-18)26(36)37/h9-10,14-18,34,38H,4-8,11-13H2,1-3H3,(H,32,35)(H,36,37). The summed E-state index contributed by atoms with van der Waals surface area (Å²) >= 11 is 1.09. The molecule has 4 rings (SSSR count). The maximum Gasteiger partial charge on any atom is 0.404 e. The lowest BCUT2D eigenvalue weighted by Crippen LogP contribution is -2.46. The zero-order chi connectivity index (χ0) is 31.0. The lowest BCUT2D eigenvalue weighted by Gasteiger charge is -2.32. The highest BCUT2D eigenvalue weighted by Gasteiger charge is 2.40. The molecule has 2 aliphatic carbocycles. The third kappa shape index (κ3) is 7.50. The predicted molar refractivity (Wildman–Crippen MR) is 151 cm³/mol. The Morgan fingerprint density at radius 1 is 1.14 bits per heavy atom. The summed E-state index contributed by atoms with van der Waals surface area (Å²) in [6, 6.07) is 1.17. The van der Waals surface area contributed by atoms with E-state index in [9.17, 15) is 36.3 Å². The second kappa shape index (κ2) is 12.2. The first-order valence-electron chi connectivity index (χ1n) is 14.0. The molecule has 2 aliphatic rings. The number of hydrogen-bond acceptors (Lipinski definition) is 7. The van der Waals surface area contributed by atoms with Crippen LogP contribution in [0.2, 0.25) is 0 Å². The molecule has 0 saturated heterocycles. The number of hydrogen-bond donors (Lipinski definition) is 4. The van der Waals surface area contributed by atoms with Gasteiger partial charge in [-0.1, -0.05) is 38.2 Å². The summed E-state index contributed by atoms with van der Waals surface area (Å²) in [5.41, 5.74) is -0.377. The minimum atomic E-state index is -4.78. The molecular weight excluding hydrogens is 595 g/mol. The van der Waals surface area contributed by atoms with Crippen molar-refractivity contribution in [2.24, 2.45) is 11.8 Å². The van der Waals surface area contributed by atoms with Crippen molar-refractivity contribution in [3.05, 3.63) is 34.5 Å². The zero-order valence-corrected chi connectivity index (χ0v) is 25.3. The molecule has 42 heavy (non-hydrogen) atoms. The number of carbonyl (C=O) groups excluding carboxylic acids is 1. The van der Waals surface area contributed by atoms with E-state index in [0.29, 0.717) is 48.2 Å². The number of carbonyl (C=O) groups is 2. The first-order valence-corrected chi connectivity index (χ1v) is 16.3. The highest BCUT2D eigenvalue weighted by atomic mass is 32.2. The molecule has 2 saturated carbocycles. The van der Waals surface area contributed by atoms with Crippen LogP contribution in [-0.2, 0) is 26.8 Å². The number of amides is 1. The number of nitrogens with zero attached hydrogens (tertiary/aromatic N) is 1. The Labute approximate surface area is 247 Å². The number of halogens is 3. The van der Waals surface area contributed by atoms with E-state index in [-0.39, 0.29) is 16.6 Å². The summed E-state index contributed by atoms with van der Waals surface area (Å²) < 4.78 is 66.6. The Morgan fingerprint density at radius 2 is 1.79 bits per heavy atom. The molecular formula is C28H36F3N3O6S2. The topological polar surface area (TPSA) is 146 Å². The lowest BCUT2D eigenvalue weighted by atomic mass is 9.80. The van der Waals surface area contributed by atoms with Crippen molar-refractivity contribution in [3.63, 3.8) is 0 Å². The van der Waals surface area contributed by atoms with Gasteiger partial charge in [-0.05, 0) is 69.2 Å². The van der Waals surface area contributed by atoms with Crippen LogP contribution in [0, 0.1) is 11.8 Å². The van der Waals surface area contributed by atoms with Crippen molar-refractivity contribution in [2.45, 2.75) is 101 Å². The van der Waals surface area contributed by atoms with Gasteiger partial charge in [0.25, 0.3) is 5.91 Å². The Hall–Kier alpha value is -2.55. The molecule has 0 bridgehead atoms. The Bertz CT molecular complexity index is 1420. The van der Waals surface area contributed by atoms with Gasteiger partial charge in [0.1, 0.15) is 6.04 Å². The van der Waals surface area contributed by atoms with Crippen molar-refractivity contribution < 1.29 is 41.4 Å². The number of aliphatic hydroxyl groups is 1. The van der Waals surface area contributed by atoms with Gasteiger partial charge in [-0.2, -0.15) is 17.9 Å². The molecule has 4 N–H and O–H groups in total. The number of carboxylic acids is 1. The first-order chi connectivity index (χ1) is 19.5. The summed E-state index contributed by atoms with van der Waals surface area (Å²) in [4.78, 5) is 29.1. The molecule has 232 valence electrons. The van der Waals surface area contributed by atoms with Gasteiger partial charge in [0.05, 0.1) is 27.0 Å². The van der Waals surface area contributed by atoms with Crippen LogP contribution in [-0.4, -0.2) is 53.8 Å². The average Bonchev–Trinajstić information content (AvgIpc) is 3.28. The number of thiazole rings is 1. The van der Waals surface area contributed by atoms with E-state index in [4.69, 9.17) is 5.11 Å². The summed E-state index contributed by atoms with van der Waals surface area (Å²) in [5.74, 6) is -1.52. The number of aliphatic carboxylic acids is 1. The van der Waals surface area contributed by atoms with Gasteiger partial charge in [0, 0.05) is 6.04 Å². The normalized spacial score (nSPS) is 21.0. The van der Waals surface area contributed by atoms with E-state index in [1.807, 2.05) is 0 Å². The summed E-state index contributed by atoms with van der Waals surface area (Å²) in [5, 5.41) is 23.2. The van der Waals surface area contributed by atoms with E-state index in [0.717, 1.165) is 49.5 Å². The van der Waals surface area contributed by atoms with Crippen LogP contribution in [0.25, 0.3) is 10.4 Å². The van der Waals surface area contributed by atoms with Gasteiger partial charge in [0.15, 0.2) is 5.01 Å². The monoisotopic (exact) mass is 631 g/mol. The number of benzene rings is 1. The van der Waals surface area contributed by atoms with Gasteiger partial charge < -0.3 is 15.5 Å². The van der Waals surface area contributed by atoms with Crippen LogP contribution in [0.15, 0.2) is 23.1 Å². The van der Waals surface area contributed by atoms with Crippen molar-refractivity contribution in [1.29, 1.82) is 0 Å². The second-order valence-corrected chi connectivity index (χ2v) is 14.5. The minimum Gasteiger partial charge on any atom is -0.481 e. The number of alkyl halides is 3. The smallest absolute Gasteiger partial charge is 0.404 e. The maximum absolute atomic E-state index is 13.1. The van der Waals surface area contributed by atoms with E-state index in [2.05, 4.69) is 10.3 Å². The van der Waals surface area contributed by atoms with E-state index in [1.54, 1.807) is 4.72 Å². The zero-order valence-electron chi connectivity index (χ0n) is 23.6. The fourth-order valence-corrected chi connectivity index (χ4v) is 7.70. The van der Waals surface area contributed by atoms with Gasteiger partial charge in [0.2, 0.25) is 10.0 Å². The third-order valence-corrected chi connectivity index (χ3v) is 10.6. The van der Waals surface area contributed by atoms with Gasteiger partial charge in [-0.25, -0.2) is 13.4 Å². The first kappa shape index (κ1) is 32.4. The largest absolute Gasteiger partial charge is 0.481 e. The summed E-state index contributed by atoms with van der Waals surface area (Å²) in [6.07, 6.45) is 1.73. The quantitative estimate of drug-likeness (QED) is 0.289. The highest BCUT2D eigenvalue weighted by Crippen LogP contribution is 2.41. The van der Waals surface area contributed by atoms with Crippen LogP contribution in [0.4, 0.5) is 13.2 Å². The molecule has 1 aromatic carbocycles. The van der Waals surface area contributed by atoms with Gasteiger partial charge in [-0.15, -0.1) is 11.3 Å². The Morgan fingerprint density at radius 3 is 2.36 bits per heavy atom. The fourth-order valence-electron chi connectivity index (χ4n) is 5.41. The molecule has 1 amide bonds. The number of nitrogens with one attached hydrogen (secondary N) is 2. The number of sulfonamides is 1. The van der Waals surface area contributed by atoms with Crippen molar-refractivity contribution >= 4 is 33.2 Å². The summed E-state index contributed by atoms with van der Waals surface area (Å²) in [6.45, 7) is 3.59. The Kier molecular flexibility index (Phi) is 9.41. The van der Waals surface area contributed by atoms with E-state index in [1.165, 1.54) is 26.0 Å². The molecule has 9 nitrogen and oxygen atoms in total.